The number of carbonyl (C=O) groups is 2. The zero-order valence-electron chi connectivity index (χ0n) is 14.3. The second-order valence-corrected chi connectivity index (χ2v) is 7.78. The highest BCUT2D eigenvalue weighted by Crippen LogP contribution is 2.34. The van der Waals surface area contributed by atoms with Crippen LogP contribution in [0.2, 0.25) is 0 Å². The number of hydrogen-bond donors (Lipinski definition) is 3. The van der Waals surface area contributed by atoms with E-state index < -0.39 is 6.03 Å². The van der Waals surface area contributed by atoms with Gasteiger partial charge in [0.15, 0.2) is 0 Å². The first-order valence-electron chi connectivity index (χ1n) is 8.66. The number of rotatable bonds is 5. The van der Waals surface area contributed by atoms with E-state index in [1.807, 2.05) is 18.7 Å². The highest BCUT2D eigenvalue weighted by Gasteiger charge is 2.38. The second-order valence-electron chi connectivity index (χ2n) is 6.56. The zero-order chi connectivity index (χ0) is 16.7. The molecule has 132 valence electrons. The molecule has 0 unspecified atom stereocenters. The Morgan fingerprint density at radius 2 is 1.83 bits per heavy atom. The molecular weight excluding hydrogens is 312 g/mol. The Bertz CT molecular complexity index is 407. The van der Waals surface area contributed by atoms with Crippen LogP contribution >= 0.6 is 11.8 Å². The Hall–Kier alpha value is -0.790. The van der Waals surface area contributed by atoms with Gasteiger partial charge in [-0.1, -0.05) is 19.3 Å². The van der Waals surface area contributed by atoms with Crippen LogP contribution in [0.3, 0.4) is 0 Å². The summed E-state index contributed by atoms with van der Waals surface area (Å²) in [6.07, 6.45) is 6.26. The number of nitrogens with one attached hydrogen (secondary N) is 3. The van der Waals surface area contributed by atoms with Crippen LogP contribution in [0.1, 0.15) is 39.0 Å². The molecule has 1 saturated carbocycles. The number of hydrogen-bond acceptors (Lipinski definition) is 5. The minimum Gasteiger partial charge on any atom is -0.341 e. The monoisotopic (exact) mass is 342 g/mol. The maximum Gasteiger partial charge on any atom is 0.321 e. The minimum atomic E-state index is -0.455. The molecule has 0 spiro atoms. The van der Waals surface area contributed by atoms with Crippen LogP contribution in [-0.4, -0.2) is 66.6 Å². The van der Waals surface area contributed by atoms with Crippen molar-refractivity contribution in [3.63, 3.8) is 0 Å². The van der Waals surface area contributed by atoms with E-state index in [1.54, 1.807) is 0 Å². The molecule has 0 aromatic heterocycles. The van der Waals surface area contributed by atoms with E-state index in [0.717, 1.165) is 19.6 Å². The minimum absolute atomic E-state index is 0.181. The molecule has 7 heteroatoms. The molecule has 1 aliphatic heterocycles. The van der Waals surface area contributed by atoms with Gasteiger partial charge in [0.25, 0.3) is 0 Å². The van der Waals surface area contributed by atoms with Gasteiger partial charge in [0.2, 0.25) is 5.91 Å². The average molecular weight is 343 g/mol. The van der Waals surface area contributed by atoms with Crippen LogP contribution in [0.25, 0.3) is 0 Å². The normalized spacial score (nSPS) is 23.0. The average Bonchev–Trinajstić information content (AvgIpc) is 2.61. The molecule has 23 heavy (non-hydrogen) atoms. The summed E-state index contributed by atoms with van der Waals surface area (Å²) < 4.78 is 0. The van der Waals surface area contributed by atoms with E-state index in [9.17, 15) is 9.59 Å². The van der Waals surface area contributed by atoms with Gasteiger partial charge < -0.3 is 10.6 Å². The predicted octanol–water partition coefficient (Wildman–Crippen LogP) is 1.17. The largest absolute Gasteiger partial charge is 0.341 e. The molecule has 0 radical (unpaired) electrons. The molecule has 2 aliphatic rings. The third-order valence-corrected chi connectivity index (χ3v) is 6.00. The summed E-state index contributed by atoms with van der Waals surface area (Å²) in [6.45, 7) is 4.93. The van der Waals surface area contributed by atoms with Gasteiger partial charge in [-0.05, 0) is 19.8 Å². The van der Waals surface area contributed by atoms with Crippen molar-refractivity contribution in [2.75, 3.05) is 38.2 Å². The molecule has 3 amide bonds. The summed E-state index contributed by atoms with van der Waals surface area (Å²) >= 11 is 2.03. The van der Waals surface area contributed by atoms with Crippen molar-refractivity contribution in [2.24, 2.45) is 0 Å². The summed E-state index contributed by atoms with van der Waals surface area (Å²) in [6, 6.07) is -0.825. The van der Waals surface area contributed by atoms with Crippen LogP contribution in [-0.2, 0) is 4.79 Å². The second kappa shape index (κ2) is 8.89. The maximum absolute atomic E-state index is 12.0. The molecule has 1 heterocycles. The fourth-order valence-electron chi connectivity index (χ4n) is 3.57. The predicted molar refractivity (Wildman–Crippen MR) is 94.8 cm³/mol. The first-order valence-corrected chi connectivity index (χ1v) is 9.82. The number of carbonyl (C=O) groups excluding carboxylic acids is 2. The van der Waals surface area contributed by atoms with Crippen molar-refractivity contribution in [1.82, 2.24) is 20.9 Å². The lowest BCUT2D eigenvalue weighted by atomic mass is 9.79. The highest BCUT2D eigenvalue weighted by molar-refractivity contribution is 7.99. The maximum atomic E-state index is 12.0. The first kappa shape index (κ1) is 18.5. The topological polar surface area (TPSA) is 73.5 Å². The van der Waals surface area contributed by atoms with Crippen LogP contribution in [0.4, 0.5) is 4.79 Å². The molecule has 1 saturated heterocycles. The summed E-state index contributed by atoms with van der Waals surface area (Å²) in [5.41, 5.74) is 0.181. The van der Waals surface area contributed by atoms with Gasteiger partial charge in [0.05, 0.1) is 6.04 Å². The fourth-order valence-corrected chi connectivity index (χ4v) is 4.47. The van der Waals surface area contributed by atoms with Gasteiger partial charge in [-0.3, -0.25) is 15.0 Å². The molecule has 0 bridgehead atoms. The summed E-state index contributed by atoms with van der Waals surface area (Å²) in [5, 5.41) is 8.13. The third-order valence-electron chi connectivity index (χ3n) is 5.06. The number of amides is 3. The van der Waals surface area contributed by atoms with Gasteiger partial charge in [-0.15, -0.1) is 0 Å². The van der Waals surface area contributed by atoms with Gasteiger partial charge in [0, 0.05) is 43.7 Å². The Morgan fingerprint density at radius 1 is 1.17 bits per heavy atom. The van der Waals surface area contributed by atoms with E-state index in [1.165, 1.54) is 50.7 Å². The summed E-state index contributed by atoms with van der Waals surface area (Å²) in [7, 11) is 1.51. The lowest BCUT2D eigenvalue weighted by Gasteiger charge is -2.48. The summed E-state index contributed by atoms with van der Waals surface area (Å²) in [5.74, 6) is 2.13. The van der Waals surface area contributed by atoms with Crippen LogP contribution in [0.5, 0.6) is 0 Å². The Balaban J connectivity index is 1.92. The molecule has 2 rings (SSSR count). The molecule has 1 atom stereocenters. The van der Waals surface area contributed by atoms with Gasteiger partial charge in [-0.2, -0.15) is 11.8 Å². The Labute approximate surface area is 143 Å². The molecule has 6 nitrogen and oxygen atoms in total. The number of imide groups is 1. The fraction of sp³-hybridized carbons (Fsp3) is 0.875. The SMILES string of the molecule is CNC(=O)NC(=O)[C@@H](C)NCC1(N2CCSCC2)CCCCC1. The molecule has 1 aliphatic carbocycles. The molecule has 3 N–H and O–H groups in total. The number of urea groups is 1. The Morgan fingerprint density at radius 3 is 2.43 bits per heavy atom. The van der Waals surface area contributed by atoms with Gasteiger partial charge >= 0.3 is 6.03 Å². The van der Waals surface area contributed by atoms with Crippen LogP contribution < -0.4 is 16.0 Å². The molecular formula is C16H30N4O2S. The molecule has 0 aromatic rings. The lowest BCUT2D eigenvalue weighted by Crippen LogP contribution is -2.60. The van der Waals surface area contributed by atoms with Crippen molar-refractivity contribution in [3.05, 3.63) is 0 Å². The Kier molecular flexibility index (Phi) is 7.17. The lowest BCUT2D eigenvalue weighted by molar-refractivity contribution is -0.121. The van der Waals surface area contributed by atoms with Crippen molar-refractivity contribution in [3.8, 4) is 0 Å². The van der Waals surface area contributed by atoms with Crippen LogP contribution in [0.15, 0.2) is 0 Å². The van der Waals surface area contributed by atoms with Crippen molar-refractivity contribution < 1.29 is 9.59 Å². The highest BCUT2D eigenvalue weighted by atomic mass is 32.2. The van der Waals surface area contributed by atoms with E-state index in [4.69, 9.17) is 0 Å². The number of thioether (sulfide) groups is 1. The standard InChI is InChI=1S/C16H30N4O2S/c1-13(14(21)19-15(22)17-2)18-12-16(6-4-3-5-7-16)20-8-10-23-11-9-20/h13,18H,3-12H2,1-2H3,(H2,17,19,21,22)/t13-/m1/s1. The number of nitrogens with zero attached hydrogens (tertiary/aromatic N) is 1. The van der Waals surface area contributed by atoms with Crippen molar-refractivity contribution >= 4 is 23.7 Å². The molecule has 2 fully saturated rings. The van der Waals surface area contributed by atoms with Gasteiger partial charge in [0.1, 0.15) is 0 Å². The van der Waals surface area contributed by atoms with E-state index in [-0.39, 0.29) is 17.5 Å². The van der Waals surface area contributed by atoms with Crippen molar-refractivity contribution in [2.45, 2.75) is 50.6 Å². The quantitative estimate of drug-likeness (QED) is 0.699. The first-order chi connectivity index (χ1) is 11.1. The van der Waals surface area contributed by atoms with E-state index in [2.05, 4.69) is 20.9 Å². The molecule has 0 aromatic carbocycles. The third kappa shape index (κ3) is 5.09. The van der Waals surface area contributed by atoms with E-state index in [0.29, 0.717) is 0 Å². The van der Waals surface area contributed by atoms with E-state index >= 15 is 0 Å². The summed E-state index contributed by atoms with van der Waals surface area (Å²) in [4.78, 5) is 25.9. The van der Waals surface area contributed by atoms with Crippen LogP contribution in [0, 0.1) is 0 Å². The smallest absolute Gasteiger partial charge is 0.321 e. The van der Waals surface area contributed by atoms with Crippen molar-refractivity contribution in [1.29, 1.82) is 0 Å². The zero-order valence-corrected chi connectivity index (χ0v) is 15.1. The van der Waals surface area contributed by atoms with Gasteiger partial charge in [-0.25, -0.2) is 4.79 Å².